The van der Waals surface area contributed by atoms with Crippen LogP contribution in [0.3, 0.4) is 0 Å². The van der Waals surface area contributed by atoms with Crippen molar-refractivity contribution in [2.75, 3.05) is 6.61 Å². The van der Waals surface area contributed by atoms with Crippen LogP contribution in [0.4, 0.5) is 4.39 Å². The molecule has 16 heavy (non-hydrogen) atoms. The van der Waals surface area contributed by atoms with Crippen molar-refractivity contribution in [2.45, 2.75) is 20.3 Å². The summed E-state index contributed by atoms with van der Waals surface area (Å²) in [5.41, 5.74) is 0.484. The fourth-order valence-corrected chi connectivity index (χ4v) is 1.34. The Bertz CT molecular complexity index is 413. The highest BCUT2D eigenvalue weighted by Crippen LogP contribution is 2.12. The Morgan fingerprint density at radius 3 is 2.62 bits per heavy atom. The van der Waals surface area contributed by atoms with Gasteiger partial charge in [0, 0.05) is 6.42 Å². The van der Waals surface area contributed by atoms with Crippen molar-refractivity contribution in [3.63, 3.8) is 0 Å². The molecule has 0 heterocycles. The maximum absolute atomic E-state index is 13.3. The molecule has 0 fully saturated rings. The van der Waals surface area contributed by atoms with Crippen LogP contribution in [-0.4, -0.2) is 18.4 Å². The highest BCUT2D eigenvalue weighted by molar-refractivity contribution is 5.90. The van der Waals surface area contributed by atoms with Crippen molar-refractivity contribution in [3.05, 3.63) is 35.1 Å². The van der Waals surface area contributed by atoms with Gasteiger partial charge in [0.15, 0.2) is 0 Å². The molecule has 0 aromatic heterocycles. The minimum atomic E-state index is -0.703. The summed E-state index contributed by atoms with van der Waals surface area (Å²) in [5, 5.41) is 0. The van der Waals surface area contributed by atoms with Crippen LogP contribution in [0.15, 0.2) is 18.2 Å². The van der Waals surface area contributed by atoms with Gasteiger partial charge >= 0.3 is 5.97 Å². The van der Waals surface area contributed by atoms with Crippen molar-refractivity contribution >= 4 is 11.8 Å². The van der Waals surface area contributed by atoms with E-state index < -0.39 is 11.8 Å². The zero-order valence-corrected chi connectivity index (χ0v) is 9.25. The quantitative estimate of drug-likeness (QED) is 0.736. The zero-order chi connectivity index (χ0) is 12.1. The molecule has 0 amide bonds. The molecule has 86 valence electrons. The van der Waals surface area contributed by atoms with Crippen LogP contribution >= 0.6 is 0 Å². The van der Waals surface area contributed by atoms with E-state index in [-0.39, 0.29) is 24.4 Å². The number of benzene rings is 1. The molecule has 1 rings (SSSR count). The first-order chi connectivity index (χ1) is 7.54. The summed E-state index contributed by atoms with van der Waals surface area (Å²) in [5.74, 6) is -1.38. The van der Waals surface area contributed by atoms with Crippen LogP contribution in [0.1, 0.15) is 29.8 Å². The van der Waals surface area contributed by atoms with Crippen molar-refractivity contribution in [2.24, 2.45) is 0 Å². The van der Waals surface area contributed by atoms with Gasteiger partial charge < -0.3 is 4.74 Å². The molecular formula is C12H13FO3. The Kier molecular flexibility index (Phi) is 4.17. The first-order valence-corrected chi connectivity index (χ1v) is 4.99. The van der Waals surface area contributed by atoms with Crippen molar-refractivity contribution < 1.29 is 18.7 Å². The van der Waals surface area contributed by atoms with Crippen LogP contribution < -0.4 is 0 Å². The van der Waals surface area contributed by atoms with Gasteiger partial charge in [-0.3, -0.25) is 4.79 Å². The first-order valence-electron chi connectivity index (χ1n) is 4.99. The maximum Gasteiger partial charge on any atom is 0.341 e. The molecule has 0 aliphatic heterocycles. The van der Waals surface area contributed by atoms with E-state index in [0.717, 1.165) is 0 Å². The first kappa shape index (κ1) is 12.4. The molecule has 0 radical (unpaired) electrons. The van der Waals surface area contributed by atoms with E-state index in [4.69, 9.17) is 4.74 Å². The van der Waals surface area contributed by atoms with Gasteiger partial charge in [-0.05, 0) is 31.5 Å². The lowest BCUT2D eigenvalue weighted by atomic mass is 10.1. The minimum absolute atomic E-state index is 0.0404. The third kappa shape index (κ3) is 3.15. The summed E-state index contributed by atoms with van der Waals surface area (Å²) < 4.78 is 18.0. The van der Waals surface area contributed by atoms with Crippen molar-refractivity contribution in [1.29, 1.82) is 0 Å². The maximum atomic E-state index is 13.3. The second-order valence-corrected chi connectivity index (χ2v) is 3.41. The standard InChI is InChI=1S/C12H13FO3/c1-3-16-12(15)10-7-9(6-8(2)14)4-5-11(10)13/h4-5,7H,3,6H2,1-2H3. The molecule has 0 bridgehead atoms. The molecule has 3 nitrogen and oxygen atoms in total. The molecule has 1 aromatic carbocycles. The number of esters is 1. The van der Waals surface area contributed by atoms with E-state index in [9.17, 15) is 14.0 Å². The van der Waals surface area contributed by atoms with Gasteiger partial charge in [0.1, 0.15) is 11.6 Å². The van der Waals surface area contributed by atoms with Crippen LogP contribution in [0, 0.1) is 5.82 Å². The molecule has 0 N–H and O–H groups in total. The molecule has 0 saturated heterocycles. The number of rotatable bonds is 4. The van der Waals surface area contributed by atoms with E-state index in [1.165, 1.54) is 25.1 Å². The van der Waals surface area contributed by atoms with Crippen LogP contribution in [0.2, 0.25) is 0 Å². The molecule has 0 aliphatic carbocycles. The normalized spacial score (nSPS) is 9.94. The van der Waals surface area contributed by atoms with Crippen LogP contribution in [0.25, 0.3) is 0 Å². The van der Waals surface area contributed by atoms with Gasteiger partial charge in [0.05, 0.1) is 12.2 Å². The van der Waals surface area contributed by atoms with E-state index in [1.54, 1.807) is 6.92 Å². The molecule has 0 atom stereocenters. The number of hydrogen-bond acceptors (Lipinski definition) is 3. The lowest BCUT2D eigenvalue weighted by Crippen LogP contribution is -2.08. The molecule has 1 aromatic rings. The summed E-state index contributed by atoms with van der Waals surface area (Å²) in [6.07, 6.45) is 0.187. The molecule has 4 heteroatoms. The number of hydrogen-bond donors (Lipinski definition) is 0. The second kappa shape index (κ2) is 5.39. The van der Waals surface area contributed by atoms with Gasteiger partial charge in [-0.2, -0.15) is 0 Å². The monoisotopic (exact) mass is 224 g/mol. The number of ketones is 1. The van der Waals surface area contributed by atoms with E-state index >= 15 is 0 Å². The van der Waals surface area contributed by atoms with Crippen molar-refractivity contribution in [3.8, 4) is 0 Å². The Hall–Kier alpha value is -1.71. The smallest absolute Gasteiger partial charge is 0.341 e. The van der Waals surface area contributed by atoms with Gasteiger partial charge in [0.2, 0.25) is 0 Å². The summed E-state index contributed by atoms with van der Waals surface area (Å²) in [6, 6.07) is 4.01. The second-order valence-electron chi connectivity index (χ2n) is 3.41. The SMILES string of the molecule is CCOC(=O)c1cc(CC(C)=O)ccc1F. The summed E-state index contributed by atoms with van der Waals surface area (Å²) in [7, 11) is 0. The van der Waals surface area contributed by atoms with E-state index in [2.05, 4.69) is 0 Å². The average molecular weight is 224 g/mol. The number of carbonyl (C=O) groups is 2. The van der Waals surface area contributed by atoms with Crippen LogP contribution in [0.5, 0.6) is 0 Å². The third-order valence-corrected chi connectivity index (χ3v) is 1.98. The van der Waals surface area contributed by atoms with Crippen LogP contribution in [-0.2, 0) is 16.0 Å². The largest absolute Gasteiger partial charge is 0.462 e. The lowest BCUT2D eigenvalue weighted by molar-refractivity contribution is -0.116. The Balaban J connectivity index is 2.98. The number of halogens is 1. The average Bonchev–Trinajstić information content (AvgIpc) is 2.20. The summed E-state index contributed by atoms with van der Waals surface area (Å²) >= 11 is 0. The predicted octanol–water partition coefficient (Wildman–Crippen LogP) is 2.13. The highest BCUT2D eigenvalue weighted by atomic mass is 19.1. The number of ether oxygens (including phenoxy) is 1. The molecular weight excluding hydrogens is 211 g/mol. The summed E-state index contributed by atoms with van der Waals surface area (Å²) in [4.78, 5) is 22.3. The fraction of sp³-hybridized carbons (Fsp3) is 0.333. The zero-order valence-electron chi connectivity index (χ0n) is 9.25. The fourth-order valence-electron chi connectivity index (χ4n) is 1.34. The lowest BCUT2D eigenvalue weighted by Gasteiger charge is -2.05. The molecule has 0 spiro atoms. The van der Waals surface area contributed by atoms with Gasteiger partial charge in [-0.15, -0.1) is 0 Å². The number of carbonyl (C=O) groups excluding carboxylic acids is 2. The van der Waals surface area contributed by atoms with Gasteiger partial charge in [0.25, 0.3) is 0 Å². The highest BCUT2D eigenvalue weighted by Gasteiger charge is 2.13. The van der Waals surface area contributed by atoms with E-state index in [1.807, 2.05) is 0 Å². The number of Topliss-reactive ketones (excluding diaryl/α,β-unsaturated/α-hetero) is 1. The predicted molar refractivity (Wildman–Crippen MR) is 56.7 cm³/mol. The molecule has 0 unspecified atom stereocenters. The summed E-state index contributed by atoms with van der Waals surface area (Å²) in [6.45, 7) is 3.28. The third-order valence-electron chi connectivity index (χ3n) is 1.98. The Morgan fingerprint density at radius 1 is 1.38 bits per heavy atom. The van der Waals surface area contributed by atoms with Gasteiger partial charge in [-0.1, -0.05) is 6.07 Å². The minimum Gasteiger partial charge on any atom is -0.462 e. The molecule has 0 saturated carbocycles. The topological polar surface area (TPSA) is 43.4 Å². The Labute approximate surface area is 93.2 Å². The van der Waals surface area contributed by atoms with Crippen molar-refractivity contribution in [1.82, 2.24) is 0 Å². The Morgan fingerprint density at radius 2 is 2.06 bits per heavy atom. The molecule has 0 aliphatic rings. The van der Waals surface area contributed by atoms with E-state index in [0.29, 0.717) is 5.56 Å². The van der Waals surface area contributed by atoms with Gasteiger partial charge in [-0.25, -0.2) is 9.18 Å².